The Bertz CT molecular complexity index is 477. The lowest BCUT2D eigenvalue weighted by molar-refractivity contribution is 0.144. The number of benzene rings is 1. The van der Waals surface area contributed by atoms with Crippen LogP contribution in [0.5, 0.6) is 0 Å². The molecule has 0 spiro atoms. The third-order valence-corrected chi connectivity index (χ3v) is 5.70. The highest BCUT2D eigenvalue weighted by Gasteiger charge is 2.22. The highest BCUT2D eigenvalue weighted by molar-refractivity contribution is 5.27. The quantitative estimate of drug-likeness (QED) is 0.678. The molecular formula is C21H33FO2. The van der Waals surface area contributed by atoms with Crippen molar-refractivity contribution >= 4 is 0 Å². The molecule has 0 atom stereocenters. The molecule has 0 bridgehead atoms. The molecule has 2 rings (SSSR count). The van der Waals surface area contributed by atoms with E-state index in [4.69, 9.17) is 10.2 Å². The number of rotatable bonds is 9. The van der Waals surface area contributed by atoms with E-state index in [0.29, 0.717) is 24.3 Å². The van der Waals surface area contributed by atoms with Gasteiger partial charge in [0.1, 0.15) is 5.82 Å². The van der Waals surface area contributed by atoms with Crippen LogP contribution in [0.1, 0.15) is 75.3 Å². The van der Waals surface area contributed by atoms with E-state index in [1.807, 2.05) is 6.07 Å². The maximum atomic E-state index is 14.4. The van der Waals surface area contributed by atoms with Crippen molar-refractivity contribution in [3.8, 4) is 0 Å². The smallest absolute Gasteiger partial charge is 0.126 e. The first kappa shape index (κ1) is 19.4. The minimum Gasteiger partial charge on any atom is -0.396 e. The number of aliphatic hydroxyl groups is 2. The molecule has 1 aliphatic carbocycles. The van der Waals surface area contributed by atoms with Gasteiger partial charge in [0.2, 0.25) is 0 Å². The van der Waals surface area contributed by atoms with Gasteiger partial charge in [0.25, 0.3) is 0 Å². The Morgan fingerprint density at radius 2 is 1.83 bits per heavy atom. The number of hydrogen-bond donors (Lipinski definition) is 2. The Morgan fingerprint density at radius 3 is 2.42 bits per heavy atom. The van der Waals surface area contributed by atoms with Gasteiger partial charge in [0.05, 0.1) is 0 Å². The zero-order chi connectivity index (χ0) is 17.4. The summed E-state index contributed by atoms with van der Waals surface area (Å²) in [4.78, 5) is 0. The molecule has 1 aromatic rings. The summed E-state index contributed by atoms with van der Waals surface area (Å²) in [6.07, 6.45) is 10.1. The van der Waals surface area contributed by atoms with Crippen molar-refractivity contribution in [1.82, 2.24) is 0 Å². The molecular weight excluding hydrogens is 303 g/mol. The van der Waals surface area contributed by atoms with Gasteiger partial charge in [-0.05, 0) is 67.6 Å². The minimum atomic E-state index is -0.150. The number of aliphatic hydroxyl groups excluding tert-OH is 2. The third-order valence-electron chi connectivity index (χ3n) is 5.70. The van der Waals surface area contributed by atoms with Gasteiger partial charge in [-0.3, -0.25) is 0 Å². The molecule has 1 fully saturated rings. The van der Waals surface area contributed by atoms with Crippen molar-refractivity contribution in [3.05, 3.63) is 35.1 Å². The second-order valence-corrected chi connectivity index (χ2v) is 7.48. The summed E-state index contributed by atoms with van der Waals surface area (Å²) in [6.45, 7) is 2.16. The Morgan fingerprint density at radius 1 is 1.12 bits per heavy atom. The van der Waals surface area contributed by atoms with Crippen LogP contribution in [0.25, 0.3) is 0 Å². The van der Waals surface area contributed by atoms with Crippen molar-refractivity contribution < 1.29 is 14.6 Å². The number of aryl methyl sites for hydroxylation is 1. The zero-order valence-corrected chi connectivity index (χ0v) is 15.0. The second kappa shape index (κ2) is 10.1. The number of hydrogen-bond acceptors (Lipinski definition) is 2. The summed E-state index contributed by atoms with van der Waals surface area (Å²) in [6, 6.07) is 5.71. The monoisotopic (exact) mass is 336 g/mol. The summed E-state index contributed by atoms with van der Waals surface area (Å²) in [5, 5.41) is 18.2. The normalized spacial score (nSPS) is 21.4. The van der Waals surface area contributed by atoms with Crippen LogP contribution in [-0.2, 0) is 6.42 Å². The van der Waals surface area contributed by atoms with E-state index >= 15 is 0 Å². The lowest BCUT2D eigenvalue weighted by atomic mass is 9.77. The molecule has 136 valence electrons. The molecule has 3 heteroatoms. The van der Waals surface area contributed by atoms with E-state index in [1.54, 1.807) is 6.07 Å². The summed E-state index contributed by atoms with van der Waals surface area (Å²) >= 11 is 0. The molecule has 1 aromatic carbocycles. The lowest BCUT2D eigenvalue weighted by Crippen LogP contribution is -2.14. The van der Waals surface area contributed by atoms with Gasteiger partial charge >= 0.3 is 0 Å². The molecule has 2 N–H and O–H groups in total. The Balaban J connectivity index is 1.88. The minimum absolute atomic E-state index is 0.0442. The van der Waals surface area contributed by atoms with E-state index in [9.17, 15) is 4.39 Å². The molecule has 0 amide bonds. The average molecular weight is 336 g/mol. The van der Waals surface area contributed by atoms with Crippen LogP contribution in [0.15, 0.2) is 18.2 Å². The van der Waals surface area contributed by atoms with Gasteiger partial charge in [-0.15, -0.1) is 0 Å². The van der Waals surface area contributed by atoms with Crippen molar-refractivity contribution in [3.63, 3.8) is 0 Å². The lowest BCUT2D eigenvalue weighted by Gasteiger charge is -2.29. The number of halogens is 1. The maximum Gasteiger partial charge on any atom is 0.126 e. The predicted molar refractivity (Wildman–Crippen MR) is 96.6 cm³/mol. The van der Waals surface area contributed by atoms with Crippen LogP contribution in [0.2, 0.25) is 0 Å². The summed E-state index contributed by atoms with van der Waals surface area (Å²) in [7, 11) is 0. The van der Waals surface area contributed by atoms with E-state index in [1.165, 1.54) is 44.9 Å². The molecule has 1 saturated carbocycles. The topological polar surface area (TPSA) is 40.5 Å². The molecule has 0 saturated heterocycles. The van der Waals surface area contributed by atoms with E-state index < -0.39 is 0 Å². The fraction of sp³-hybridized carbons (Fsp3) is 0.714. The first-order chi connectivity index (χ1) is 11.7. The van der Waals surface area contributed by atoms with E-state index in [-0.39, 0.29) is 24.9 Å². The molecule has 0 aromatic heterocycles. The molecule has 2 nitrogen and oxygen atoms in total. The van der Waals surface area contributed by atoms with Crippen LogP contribution >= 0.6 is 0 Å². The van der Waals surface area contributed by atoms with Gasteiger partial charge in [-0.25, -0.2) is 4.39 Å². The molecule has 0 radical (unpaired) electrons. The summed E-state index contributed by atoms with van der Waals surface area (Å²) < 4.78 is 14.4. The highest BCUT2D eigenvalue weighted by atomic mass is 19.1. The summed E-state index contributed by atoms with van der Waals surface area (Å²) in [5.41, 5.74) is 1.84. The van der Waals surface area contributed by atoms with E-state index in [0.717, 1.165) is 11.5 Å². The fourth-order valence-corrected chi connectivity index (χ4v) is 3.90. The van der Waals surface area contributed by atoms with Crippen LogP contribution in [0.3, 0.4) is 0 Å². The van der Waals surface area contributed by atoms with Crippen LogP contribution < -0.4 is 0 Å². The van der Waals surface area contributed by atoms with Crippen molar-refractivity contribution in [1.29, 1.82) is 0 Å². The SMILES string of the molecule is CCCCC1CCC(c2ccc(CCC(CO)CO)c(F)c2)CC1. The van der Waals surface area contributed by atoms with Crippen molar-refractivity contribution in [2.75, 3.05) is 13.2 Å². The van der Waals surface area contributed by atoms with Crippen LogP contribution in [-0.4, -0.2) is 23.4 Å². The van der Waals surface area contributed by atoms with Gasteiger partial charge in [-0.1, -0.05) is 38.3 Å². The molecule has 1 aliphatic rings. The van der Waals surface area contributed by atoms with E-state index in [2.05, 4.69) is 13.0 Å². The predicted octanol–water partition coefficient (Wildman–Crippen LogP) is 4.82. The second-order valence-electron chi connectivity index (χ2n) is 7.48. The Labute approximate surface area is 146 Å². The fourth-order valence-electron chi connectivity index (χ4n) is 3.90. The van der Waals surface area contributed by atoms with Crippen molar-refractivity contribution in [2.45, 2.75) is 70.6 Å². The standard InChI is InChI=1S/C21H33FO2/c1-2-3-4-16-5-8-18(9-6-16)20-12-11-19(21(22)13-20)10-7-17(14-23)15-24/h11-13,16-18,23-24H,2-10,14-15H2,1H3. The zero-order valence-electron chi connectivity index (χ0n) is 15.0. The van der Waals surface area contributed by atoms with Crippen molar-refractivity contribution in [2.24, 2.45) is 11.8 Å². The number of unbranched alkanes of at least 4 members (excludes halogenated alkanes) is 1. The largest absolute Gasteiger partial charge is 0.396 e. The molecule has 0 unspecified atom stereocenters. The average Bonchev–Trinajstić information content (AvgIpc) is 2.62. The Hall–Kier alpha value is -0.930. The first-order valence-corrected chi connectivity index (χ1v) is 9.67. The first-order valence-electron chi connectivity index (χ1n) is 9.67. The van der Waals surface area contributed by atoms with Gasteiger partial charge in [-0.2, -0.15) is 0 Å². The molecule has 0 aliphatic heterocycles. The molecule has 0 heterocycles. The maximum absolute atomic E-state index is 14.4. The van der Waals surface area contributed by atoms with Crippen LogP contribution in [0.4, 0.5) is 4.39 Å². The Kier molecular flexibility index (Phi) is 8.20. The van der Waals surface area contributed by atoms with Gasteiger partial charge in [0.15, 0.2) is 0 Å². The van der Waals surface area contributed by atoms with Gasteiger partial charge < -0.3 is 10.2 Å². The third kappa shape index (κ3) is 5.56. The highest BCUT2D eigenvalue weighted by Crippen LogP contribution is 2.38. The molecule has 24 heavy (non-hydrogen) atoms. The summed E-state index contributed by atoms with van der Waals surface area (Å²) in [5.74, 6) is 1.10. The van der Waals surface area contributed by atoms with Crippen LogP contribution in [0, 0.1) is 17.7 Å². The van der Waals surface area contributed by atoms with Gasteiger partial charge in [0, 0.05) is 19.1 Å².